The molecule has 0 aromatic rings. The molecule has 0 atom stereocenters. The molecule has 0 aliphatic carbocycles. The van der Waals surface area contributed by atoms with Gasteiger partial charge in [0, 0.05) is 0 Å². The van der Waals surface area contributed by atoms with E-state index in [2.05, 4.69) is 0 Å². The molecule has 0 aromatic heterocycles. The van der Waals surface area contributed by atoms with Gasteiger partial charge >= 0.3 is 45.5 Å². The molecular weight excluding hydrogens is 219 g/mol. The van der Waals surface area contributed by atoms with Gasteiger partial charge in [-0.3, -0.25) is 0 Å². The molecule has 8 heteroatoms. The monoisotopic (exact) mass is 232 g/mol. The van der Waals surface area contributed by atoms with Crippen molar-refractivity contribution in [3.8, 4) is 0 Å². The van der Waals surface area contributed by atoms with E-state index in [-0.39, 0.29) is 90.7 Å². The quantitative estimate of drug-likeness (QED) is 0.362. The first-order valence-corrected chi connectivity index (χ1v) is 0. The van der Waals surface area contributed by atoms with Gasteiger partial charge in [-0.05, 0) is 0 Å². The zero-order valence-corrected chi connectivity index (χ0v) is 8.41. The largest absolute Gasteiger partial charge is 2.00 e. The molecule has 0 aliphatic heterocycles. The third kappa shape index (κ3) is 137. The van der Waals surface area contributed by atoms with Crippen LogP contribution < -0.4 is 0 Å². The average Bonchev–Trinajstić information content (AvgIpc) is 0. The SMILES string of the molecule is Cl.O.O.O.O.O.O.[Sr+2]. The van der Waals surface area contributed by atoms with E-state index in [9.17, 15) is 0 Å². The van der Waals surface area contributed by atoms with Gasteiger partial charge in [-0.1, -0.05) is 0 Å². The first-order valence-electron chi connectivity index (χ1n) is 0. The molecule has 0 amide bonds. The Kier molecular flexibility index (Phi) is 7640. The van der Waals surface area contributed by atoms with E-state index in [0.717, 1.165) is 0 Å². The van der Waals surface area contributed by atoms with Crippen molar-refractivity contribution >= 4 is 57.9 Å². The van der Waals surface area contributed by atoms with Crippen molar-refractivity contribution in [2.75, 3.05) is 0 Å². The van der Waals surface area contributed by atoms with E-state index in [1.165, 1.54) is 0 Å². The van der Waals surface area contributed by atoms with Gasteiger partial charge in [0.2, 0.25) is 0 Å². The van der Waals surface area contributed by atoms with E-state index < -0.39 is 0 Å². The van der Waals surface area contributed by atoms with Gasteiger partial charge in [-0.25, -0.2) is 0 Å². The maximum atomic E-state index is 0. The van der Waals surface area contributed by atoms with E-state index in [1.54, 1.807) is 0 Å². The Labute approximate surface area is 89.8 Å². The molecule has 0 spiro atoms. The molecule has 0 heterocycles. The predicted molar refractivity (Wildman–Crippen MR) is 34.7 cm³/mol. The summed E-state index contributed by atoms with van der Waals surface area (Å²) in [6.45, 7) is 0. The molecule has 0 rings (SSSR count). The van der Waals surface area contributed by atoms with E-state index in [4.69, 9.17) is 0 Å². The van der Waals surface area contributed by atoms with Crippen molar-refractivity contribution in [2.45, 2.75) is 0 Å². The summed E-state index contributed by atoms with van der Waals surface area (Å²) in [5.74, 6) is 0. The standard InChI is InChI=1S/ClH.6H2O.Sr/h1H;6*1H2;/q;;;;;;;+2. The van der Waals surface area contributed by atoms with Crippen LogP contribution in [0.3, 0.4) is 0 Å². The topological polar surface area (TPSA) is 189 Å². The molecule has 0 aliphatic rings. The van der Waals surface area contributed by atoms with Crippen LogP contribution in [0.15, 0.2) is 0 Å². The molecule has 0 saturated carbocycles. The number of rotatable bonds is 0. The molecular formula is H13ClO6Sr+2. The van der Waals surface area contributed by atoms with Gasteiger partial charge in [-0.2, -0.15) is 0 Å². The summed E-state index contributed by atoms with van der Waals surface area (Å²) in [6.07, 6.45) is 0. The van der Waals surface area contributed by atoms with Crippen LogP contribution >= 0.6 is 12.4 Å². The van der Waals surface area contributed by atoms with Crippen LogP contribution in [0, 0.1) is 0 Å². The zero-order valence-electron chi connectivity index (χ0n) is 4.12. The fourth-order valence-electron chi connectivity index (χ4n) is 0. The third-order valence-electron chi connectivity index (χ3n) is 0. The minimum Gasteiger partial charge on any atom is -0.412 e. The fourth-order valence-corrected chi connectivity index (χ4v) is 0. The van der Waals surface area contributed by atoms with Crippen LogP contribution in [-0.2, 0) is 0 Å². The Morgan fingerprint density at radius 1 is 0.375 bits per heavy atom. The first-order chi connectivity index (χ1) is 0. The smallest absolute Gasteiger partial charge is 0.412 e. The summed E-state index contributed by atoms with van der Waals surface area (Å²) in [5.41, 5.74) is 0. The van der Waals surface area contributed by atoms with Crippen molar-refractivity contribution in [2.24, 2.45) is 0 Å². The molecule has 0 aromatic carbocycles. The van der Waals surface area contributed by atoms with Crippen LogP contribution in [-0.4, -0.2) is 78.3 Å². The minimum absolute atomic E-state index is 0. The van der Waals surface area contributed by atoms with Crippen molar-refractivity contribution in [3.63, 3.8) is 0 Å². The van der Waals surface area contributed by atoms with Gasteiger partial charge in [0.1, 0.15) is 0 Å². The second-order valence-corrected chi connectivity index (χ2v) is 0. The molecule has 0 unspecified atom stereocenters. The summed E-state index contributed by atoms with van der Waals surface area (Å²) in [4.78, 5) is 0. The molecule has 6 nitrogen and oxygen atoms in total. The van der Waals surface area contributed by atoms with Crippen molar-refractivity contribution in [1.82, 2.24) is 0 Å². The molecule has 0 fully saturated rings. The normalized spacial score (nSPS) is 0. The van der Waals surface area contributed by atoms with E-state index >= 15 is 0 Å². The van der Waals surface area contributed by atoms with Crippen molar-refractivity contribution < 1.29 is 32.9 Å². The number of hydrogen-bond acceptors (Lipinski definition) is 0. The molecule has 0 radical (unpaired) electrons. The Balaban J connectivity index is 0. The Morgan fingerprint density at radius 2 is 0.375 bits per heavy atom. The second-order valence-electron chi connectivity index (χ2n) is 0. The summed E-state index contributed by atoms with van der Waals surface area (Å²) in [6, 6.07) is 0. The van der Waals surface area contributed by atoms with Gasteiger partial charge < -0.3 is 32.9 Å². The maximum absolute atomic E-state index is 0. The number of hydrogen-bond donors (Lipinski definition) is 0. The molecule has 12 N–H and O–H groups in total. The number of halogens is 1. The Bertz CT molecular complexity index is 8.49. The minimum atomic E-state index is 0. The van der Waals surface area contributed by atoms with Crippen LogP contribution in [0.4, 0.5) is 0 Å². The van der Waals surface area contributed by atoms with E-state index in [0.29, 0.717) is 0 Å². The zero-order chi connectivity index (χ0) is 0. The summed E-state index contributed by atoms with van der Waals surface area (Å²) >= 11 is 0. The predicted octanol–water partition coefficient (Wildman–Crippen LogP) is -4.91. The molecule has 8 heavy (non-hydrogen) atoms. The second kappa shape index (κ2) is 207. The first kappa shape index (κ1) is 296. The molecule has 0 saturated heterocycles. The van der Waals surface area contributed by atoms with Crippen LogP contribution in [0.1, 0.15) is 0 Å². The fraction of sp³-hybridized carbons (Fsp3) is 0. The Hall–Kier alpha value is 1.53. The van der Waals surface area contributed by atoms with Gasteiger partial charge in [0.15, 0.2) is 0 Å². The van der Waals surface area contributed by atoms with E-state index in [1.807, 2.05) is 0 Å². The molecule has 0 bridgehead atoms. The average molecular weight is 232 g/mol. The van der Waals surface area contributed by atoms with Crippen molar-refractivity contribution in [1.29, 1.82) is 0 Å². The van der Waals surface area contributed by atoms with Crippen LogP contribution in [0.2, 0.25) is 0 Å². The van der Waals surface area contributed by atoms with Gasteiger partial charge in [0.05, 0.1) is 0 Å². The van der Waals surface area contributed by atoms with Crippen molar-refractivity contribution in [3.05, 3.63) is 0 Å². The molecule has 56 valence electrons. The van der Waals surface area contributed by atoms with Crippen LogP contribution in [0.5, 0.6) is 0 Å². The Morgan fingerprint density at radius 3 is 0.375 bits per heavy atom. The van der Waals surface area contributed by atoms with Gasteiger partial charge in [0.25, 0.3) is 0 Å². The third-order valence-corrected chi connectivity index (χ3v) is 0. The summed E-state index contributed by atoms with van der Waals surface area (Å²) in [5, 5.41) is 0. The maximum Gasteiger partial charge on any atom is 2.00 e. The summed E-state index contributed by atoms with van der Waals surface area (Å²) in [7, 11) is 0. The summed E-state index contributed by atoms with van der Waals surface area (Å²) < 4.78 is 0. The van der Waals surface area contributed by atoms with Gasteiger partial charge in [-0.15, -0.1) is 12.4 Å². The van der Waals surface area contributed by atoms with Crippen LogP contribution in [0.25, 0.3) is 0 Å².